The molecule has 0 spiro atoms. The summed E-state index contributed by atoms with van der Waals surface area (Å²) in [6, 6.07) is 0. The number of rotatable bonds is 1. The monoisotopic (exact) mass is 149 g/mol. The molecule has 0 bridgehead atoms. The van der Waals surface area contributed by atoms with Crippen molar-refractivity contribution in [2.75, 3.05) is 6.26 Å². The molecule has 1 aromatic rings. The van der Waals surface area contributed by atoms with Crippen molar-refractivity contribution in [3.8, 4) is 0 Å². The Morgan fingerprint density at radius 2 is 2.71 bits per heavy atom. The van der Waals surface area contributed by atoms with E-state index in [2.05, 4.69) is 17.0 Å². The second-order valence-electron chi connectivity index (χ2n) is 0.962. The molecule has 0 aromatic carbocycles. The standard InChI is InChI=1S/C4H5S3/c1-5-4-6-2-3-7-4/h2-3H,1H3/q+1. The summed E-state index contributed by atoms with van der Waals surface area (Å²) in [4.78, 5) is 0. The highest BCUT2D eigenvalue weighted by molar-refractivity contribution is 8.02. The molecule has 0 aliphatic rings. The zero-order valence-electron chi connectivity index (χ0n) is 3.88. The fraction of sp³-hybridized carbons (Fsp3) is 0.250. The van der Waals surface area contributed by atoms with Gasteiger partial charge in [-0.1, -0.05) is 11.8 Å². The van der Waals surface area contributed by atoms with Gasteiger partial charge < -0.3 is 0 Å². The van der Waals surface area contributed by atoms with Crippen LogP contribution in [0.2, 0.25) is 0 Å². The highest BCUT2D eigenvalue weighted by atomic mass is 32.2. The largest absolute Gasteiger partial charge is 0.311 e. The molecule has 1 aromatic heterocycles. The Balaban J connectivity index is 2.76. The van der Waals surface area contributed by atoms with E-state index in [1.54, 1.807) is 22.7 Å². The van der Waals surface area contributed by atoms with E-state index in [0.29, 0.717) is 0 Å². The van der Waals surface area contributed by atoms with E-state index >= 15 is 0 Å². The molecule has 38 valence electrons. The molecule has 0 amide bonds. The van der Waals surface area contributed by atoms with Gasteiger partial charge in [0, 0.05) is 0 Å². The van der Waals surface area contributed by atoms with Crippen molar-refractivity contribution in [1.82, 2.24) is 0 Å². The van der Waals surface area contributed by atoms with Crippen molar-refractivity contribution < 1.29 is 0 Å². The smallest absolute Gasteiger partial charge is 0.0591 e. The van der Waals surface area contributed by atoms with Crippen molar-refractivity contribution in [3.63, 3.8) is 0 Å². The van der Waals surface area contributed by atoms with Crippen molar-refractivity contribution in [1.29, 1.82) is 0 Å². The van der Waals surface area contributed by atoms with Gasteiger partial charge in [0.2, 0.25) is 0 Å². The second kappa shape index (κ2) is 2.64. The minimum Gasteiger partial charge on any atom is -0.0591 e. The van der Waals surface area contributed by atoms with Crippen molar-refractivity contribution in [2.45, 2.75) is 3.52 Å². The fourth-order valence-corrected chi connectivity index (χ4v) is 2.62. The third kappa shape index (κ3) is 1.40. The van der Waals surface area contributed by atoms with E-state index in [4.69, 9.17) is 0 Å². The van der Waals surface area contributed by atoms with Crippen LogP contribution in [0.5, 0.6) is 0 Å². The predicted molar refractivity (Wildman–Crippen MR) is 38.4 cm³/mol. The second-order valence-corrected chi connectivity index (χ2v) is 4.39. The first-order chi connectivity index (χ1) is 3.43. The van der Waals surface area contributed by atoms with Crippen LogP contribution in [-0.4, -0.2) is 6.26 Å². The molecule has 1 rings (SSSR count). The van der Waals surface area contributed by atoms with Crippen molar-refractivity contribution in [2.24, 2.45) is 0 Å². The first kappa shape index (κ1) is 5.54. The molecule has 7 heavy (non-hydrogen) atoms. The van der Waals surface area contributed by atoms with Crippen LogP contribution in [0, 0.1) is 0 Å². The Morgan fingerprint density at radius 1 is 1.86 bits per heavy atom. The summed E-state index contributed by atoms with van der Waals surface area (Å²) in [5.74, 6) is 0. The maximum atomic E-state index is 2.11. The Bertz CT molecular complexity index is 121. The van der Waals surface area contributed by atoms with Crippen LogP contribution in [0.1, 0.15) is 0 Å². The number of hydrogen-bond donors (Lipinski definition) is 0. The minimum absolute atomic E-state index is 1.43. The van der Waals surface area contributed by atoms with Crippen LogP contribution >= 0.6 is 34.4 Å². The lowest BCUT2D eigenvalue weighted by molar-refractivity contribution is 2.11. The van der Waals surface area contributed by atoms with Crippen LogP contribution in [0.25, 0.3) is 0 Å². The average Bonchev–Trinajstić information content (AvgIpc) is 2.14. The van der Waals surface area contributed by atoms with Gasteiger partial charge in [-0.15, -0.1) is 0 Å². The van der Waals surface area contributed by atoms with Crippen LogP contribution in [0.15, 0.2) is 14.3 Å². The van der Waals surface area contributed by atoms with E-state index < -0.39 is 0 Å². The van der Waals surface area contributed by atoms with Gasteiger partial charge in [0.15, 0.2) is 0 Å². The van der Waals surface area contributed by atoms with Crippen LogP contribution in [0.4, 0.5) is 0 Å². The molecule has 0 saturated heterocycles. The van der Waals surface area contributed by atoms with E-state index in [9.17, 15) is 0 Å². The van der Waals surface area contributed by atoms with Crippen LogP contribution in [0.3, 0.4) is 0 Å². The summed E-state index contributed by atoms with van der Waals surface area (Å²) in [6.07, 6.45) is 2.10. The molecule has 0 nitrogen and oxygen atoms in total. The number of thioether (sulfide) groups is 1. The lowest BCUT2D eigenvalue weighted by Crippen LogP contribution is -1.40. The summed E-state index contributed by atoms with van der Waals surface area (Å²) in [5, 5.41) is 4.22. The topological polar surface area (TPSA) is 0 Å². The molecule has 1 heterocycles. The lowest BCUT2D eigenvalue weighted by Gasteiger charge is -1.63. The first-order valence-electron chi connectivity index (χ1n) is 1.83. The fourth-order valence-electron chi connectivity index (χ4n) is 0.291. The highest BCUT2D eigenvalue weighted by Gasteiger charge is 2.00. The molecule has 0 fully saturated rings. The average molecular weight is 149 g/mol. The zero-order valence-corrected chi connectivity index (χ0v) is 6.33. The molecule has 3 heteroatoms. The molecular formula is C4H5S3+. The van der Waals surface area contributed by atoms with Gasteiger partial charge in [-0.2, -0.15) is 0 Å². The normalized spacial score (nSPS) is 9.29. The van der Waals surface area contributed by atoms with Gasteiger partial charge in [-0.3, -0.25) is 0 Å². The summed E-state index contributed by atoms with van der Waals surface area (Å²) in [7, 11) is 0. The summed E-state index contributed by atoms with van der Waals surface area (Å²) < 4.78 is 1.43. The van der Waals surface area contributed by atoms with E-state index in [1.165, 1.54) is 3.52 Å². The zero-order chi connectivity index (χ0) is 5.11. The van der Waals surface area contributed by atoms with Crippen LogP contribution < -0.4 is 0 Å². The Hall–Kier alpha value is 0.400. The highest BCUT2D eigenvalue weighted by Crippen LogP contribution is 2.25. The molecule has 0 atom stereocenters. The van der Waals surface area contributed by atoms with Crippen LogP contribution in [-0.2, 0) is 0 Å². The van der Waals surface area contributed by atoms with Gasteiger partial charge in [-0.05, 0) is 6.26 Å². The quantitative estimate of drug-likeness (QED) is 0.437. The van der Waals surface area contributed by atoms with Gasteiger partial charge in [0.25, 0.3) is 0 Å². The maximum absolute atomic E-state index is 2.11. The van der Waals surface area contributed by atoms with E-state index in [0.717, 1.165) is 0 Å². The Morgan fingerprint density at radius 3 is 3.00 bits per heavy atom. The molecule has 0 aliphatic carbocycles. The molecule has 0 saturated carbocycles. The van der Waals surface area contributed by atoms with Gasteiger partial charge in [-0.25, -0.2) is 0 Å². The van der Waals surface area contributed by atoms with Crippen molar-refractivity contribution >= 4 is 34.4 Å². The molecule has 0 radical (unpaired) electrons. The third-order valence-electron chi connectivity index (χ3n) is 0.551. The third-order valence-corrected chi connectivity index (χ3v) is 4.14. The van der Waals surface area contributed by atoms with Gasteiger partial charge in [0.05, 0.1) is 22.7 Å². The molecule has 0 aliphatic heterocycles. The lowest BCUT2D eigenvalue weighted by atomic mass is 11.2. The Labute approximate surface area is 55.2 Å². The molecule has 0 unspecified atom stereocenters. The summed E-state index contributed by atoms with van der Waals surface area (Å²) >= 11 is 5.42. The number of hydrogen-bond acceptors (Lipinski definition) is 2. The molecule has 0 N–H and O–H groups in total. The molecular weight excluding hydrogens is 144 g/mol. The SMILES string of the molecule is CSc1scc[s+]1. The van der Waals surface area contributed by atoms with Gasteiger partial charge in [0.1, 0.15) is 10.8 Å². The van der Waals surface area contributed by atoms with E-state index in [1.807, 2.05) is 11.8 Å². The van der Waals surface area contributed by atoms with E-state index in [-0.39, 0.29) is 0 Å². The van der Waals surface area contributed by atoms with Gasteiger partial charge >= 0.3 is 3.52 Å². The Kier molecular flexibility index (Phi) is 2.09. The minimum atomic E-state index is 1.43. The summed E-state index contributed by atoms with van der Waals surface area (Å²) in [6.45, 7) is 0. The maximum Gasteiger partial charge on any atom is 0.311 e. The van der Waals surface area contributed by atoms with Crippen molar-refractivity contribution in [3.05, 3.63) is 10.8 Å². The predicted octanol–water partition coefficient (Wildman–Crippen LogP) is 2.81. The first-order valence-corrected chi connectivity index (χ1v) is 4.81. The summed E-state index contributed by atoms with van der Waals surface area (Å²) in [5.41, 5.74) is 0.